The summed E-state index contributed by atoms with van der Waals surface area (Å²) in [4.78, 5) is 0. The third kappa shape index (κ3) is 26.7. The van der Waals surface area contributed by atoms with Crippen LogP contribution >= 0.6 is 0 Å². The van der Waals surface area contributed by atoms with Crippen LogP contribution in [0.1, 0.15) is 76.2 Å². The second-order valence-corrected chi connectivity index (χ2v) is 2.62. The molecular formula is C17H42N2. The Kier molecular flexibility index (Phi) is 58.6. The SMILES string of the molecule is C/C=C\C(=C(/C)NC)C(C)N.CC.CC.CC.CC. The van der Waals surface area contributed by atoms with Gasteiger partial charge in [0.1, 0.15) is 0 Å². The van der Waals surface area contributed by atoms with Gasteiger partial charge >= 0.3 is 0 Å². The van der Waals surface area contributed by atoms with E-state index in [0.29, 0.717) is 0 Å². The molecule has 0 saturated heterocycles. The lowest BCUT2D eigenvalue weighted by molar-refractivity contribution is 0.837. The van der Waals surface area contributed by atoms with Gasteiger partial charge in [-0.3, -0.25) is 0 Å². The van der Waals surface area contributed by atoms with Gasteiger partial charge in [-0.2, -0.15) is 0 Å². The van der Waals surface area contributed by atoms with Crippen LogP contribution in [-0.2, 0) is 0 Å². The van der Waals surface area contributed by atoms with Crippen LogP contribution in [0.4, 0.5) is 0 Å². The van der Waals surface area contributed by atoms with E-state index in [2.05, 4.69) is 5.32 Å². The molecule has 1 unspecified atom stereocenters. The van der Waals surface area contributed by atoms with Gasteiger partial charge in [0.15, 0.2) is 0 Å². The van der Waals surface area contributed by atoms with Gasteiger partial charge in [-0.05, 0) is 26.3 Å². The Balaban J connectivity index is -0.0000000693. The number of allylic oxidation sites excluding steroid dienone is 2. The van der Waals surface area contributed by atoms with Crippen molar-refractivity contribution in [2.75, 3.05) is 7.05 Å². The van der Waals surface area contributed by atoms with Crippen molar-refractivity contribution in [1.29, 1.82) is 0 Å². The first kappa shape index (κ1) is 30.9. The minimum absolute atomic E-state index is 0.0960. The van der Waals surface area contributed by atoms with E-state index in [1.54, 1.807) is 0 Å². The summed E-state index contributed by atoms with van der Waals surface area (Å²) < 4.78 is 0. The van der Waals surface area contributed by atoms with Crippen molar-refractivity contribution >= 4 is 0 Å². The van der Waals surface area contributed by atoms with E-state index >= 15 is 0 Å². The van der Waals surface area contributed by atoms with Gasteiger partial charge in [0.05, 0.1) is 0 Å². The fourth-order valence-corrected chi connectivity index (χ4v) is 0.942. The molecule has 0 spiro atoms. The molecule has 1 atom stereocenters. The first-order valence-electron chi connectivity index (χ1n) is 7.90. The molecule has 0 radical (unpaired) electrons. The summed E-state index contributed by atoms with van der Waals surface area (Å²) in [5.41, 5.74) is 8.05. The Morgan fingerprint density at radius 2 is 1.26 bits per heavy atom. The highest BCUT2D eigenvalue weighted by molar-refractivity contribution is 5.27. The zero-order chi connectivity index (χ0) is 16.9. The van der Waals surface area contributed by atoms with Crippen molar-refractivity contribution in [3.8, 4) is 0 Å². The van der Waals surface area contributed by atoms with Crippen molar-refractivity contribution in [3.05, 3.63) is 23.4 Å². The molecule has 3 N–H and O–H groups in total. The Morgan fingerprint density at radius 3 is 1.42 bits per heavy atom. The maximum Gasteiger partial charge on any atom is 0.0283 e. The summed E-state index contributed by atoms with van der Waals surface area (Å²) in [5.74, 6) is 0. The van der Waals surface area contributed by atoms with Gasteiger partial charge in [0, 0.05) is 18.8 Å². The van der Waals surface area contributed by atoms with Crippen LogP contribution in [0.25, 0.3) is 0 Å². The van der Waals surface area contributed by atoms with E-state index in [4.69, 9.17) is 5.73 Å². The van der Waals surface area contributed by atoms with E-state index < -0.39 is 0 Å². The zero-order valence-electron chi connectivity index (χ0n) is 15.8. The fraction of sp³-hybridized carbons (Fsp3) is 0.765. The lowest BCUT2D eigenvalue weighted by Gasteiger charge is -2.11. The van der Waals surface area contributed by atoms with Crippen molar-refractivity contribution in [3.63, 3.8) is 0 Å². The Morgan fingerprint density at radius 1 is 0.947 bits per heavy atom. The second kappa shape index (κ2) is 36.0. The normalized spacial score (nSPS) is 10.8. The molecule has 19 heavy (non-hydrogen) atoms. The highest BCUT2D eigenvalue weighted by Crippen LogP contribution is 2.06. The van der Waals surface area contributed by atoms with Crippen molar-refractivity contribution < 1.29 is 0 Å². The predicted octanol–water partition coefficient (Wildman–Crippen LogP) is 5.51. The summed E-state index contributed by atoms with van der Waals surface area (Å²) in [7, 11) is 1.90. The summed E-state index contributed by atoms with van der Waals surface area (Å²) in [6, 6.07) is 0.0960. The van der Waals surface area contributed by atoms with Gasteiger partial charge in [-0.25, -0.2) is 0 Å². The van der Waals surface area contributed by atoms with Crippen LogP contribution in [0.2, 0.25) is 0 Å². The molecule has 0 saturated carbocycles. The Hall–Kier alpha value is -0.760. The number of rotatable bonds is 3. The highest BCUT2D eigenvalue weighted by Gasteiger charge is 2.01. The zero-order valence-corrected chi connectivity index (χ0v) is 15.8. The van der Waals surface area contributed by atoms with Crippen LogP contribution in [0.15, 0.2) is 23.4 Å². The molecule has 0 heterocycles. The second-order valence-electron chi connectivity index (χ2n) is 2.62. The maximum atomic E-state index is 5.75. The fourth-order valence-electron chi connectivity index (χ4n) is 0.942. The Labute approximate surface area is 124 Å². The molecule has 2 heteroatoms. The molecule has 0 bridgehead atoms. The molecule has 0 aliphatic heterocycles. The van der Waals surface area contributed by atoms with Crippen LogP contribution in [0.3, 0.4) is 0 Å². The van der Waals surface area contributed by atoms with Gasteiger partial charge in [-0.15, -0.1) is 0 Å². The van der Waals surface area contributed by atoms with Crippen molar-refractivity contribution in [2.24, 2.45) is 5.73 Å². The molecular weight excluding hydrogens is 232 g/mol. The third-order valence-electron chi connectivity index (χ3n) is 1.64. The average molecular weight is 275 g/mol. The van der Waals surface area contributed by atoms with Gasteiger partial charge < -0.3 is 11.1 Å². The highest BCUT2D eigenvalue weighted by atomic mass is 14.8. The van der Waals surface area contributed by atoms with Crippen LogP contribution in [0, 0.1) is 0 Å². The van der Waals surface area contributed by atoms with E-state index in [0.717, 1.165) is 11.3 Å². The summed E-state index contributed by atoms with van der Waals surface area (Å²) in [6.07, 6.45) is 4.04. The summed E-state index contributed by atoms with van der Waals surface area (Å²) in [5, 5.41) is 3.08. The summed E-state index contributed by atoms with van der Waals surface area (Å²) >= 11 is 0. The van der Waals surface area contributed by atoms with Crippen LogP contribution in [0.5, 0.6) is 0 Å². The van der Waals surface area contributed by atoms with Gasteiger partial charge in [0.2, 0.25) is 0 Å². The molecule has 0 fully saturated rings. The molecule has 0 aliphatic rings. The number of nitrogens with one attached hydrogen (secondary N) is 1. The van der Waals surface area contributed by atoms with E-state index in [-0.39, 0.29) is 6.04 Å². The average Bonchev–Trinajstić information content (AvgIpc) is 2.51. The molecule has 0 aliphatic carbocycles. The van der Waals surface area contributed by atoms with E-state index in [9.17, 15) is 0 Å². The van der Waals surface area contributed by atoms with Crippen LogP contribution < -0.4 is 11.1 Å². The lowest BCUT2D eigenvalue weighted by Crippen LogP contribution is -2.21. The standard InChI is InChI=1S/C9H18N2.4C2H6/c1-5-6-9(7(2)10)8(3)11-4;4*1-2/h5-7,11H,10H2,1-4H3;4*1-2H3/b6-5-,9-8-;;;;. The van der Waals surface area contributed by atoms with E-state index in [1.807, 2.05) is 95.4 Å². The third-order valence-corrected chi connectivity index (χ3v) is 1.64. The molecule has 2 nitrogen and oxygen atoms in total. The largest absolute Gasteiger partial charge is 0.391 e. The maximum absolute atomic E-state index is 5.75. The topological polar surface area (TPSA) is 38.0 Å². The summed E-state index contributed by atoms with van der Waals surface area (Å²) in [6.45, 7) is 22.0. The molecule has 0 aromatic heterocycles. The van der Waals surface area contributed by atoms with Gasteiger partial charge in [-0.1, -0.05) is 67.5 Å². The van der Waals surface area contributed by atoms with Crippen molar-refractivity contribution in [1.82, 2.24) is 5.32 Å². The molecule has 120 valence electrons. The minimum atomic E-state index is 0.0960. The monoisotopic (exact) mass is 274 g/mol. The smallest absolute Gasteiger partial charge is 0.0283 e. The van der Waals surface area contributed by atoms with E-state index in [1.165, 1.54) is 0 Å². The first-order valence-corrected chi connectivity index (χ1v) is 7.90. The Bertz CT molecular complexity index is 168. The molecule has 0 amide bonds. The first-order chi connectivity index (χ1) is 9.13. The van der Waals surface area contributed by atoms with Crippen molar-refractivity contribution in [2.45, 2.75) is 82.2 Å². The molecule has 0 rings (SSSR count). The van der Waals surface area contributed by atoms with Crippen LogP contribution in [-0.4, -0.2) is 13.1 Å². The quantitative estimate of drug-likeness (QED) is 0.666. The number of hydrogen-bond acceptors (Lipinski definition) is 2. The molecule has 0 aromatic rings. The number of hydrogen-bond donors (Lipinski definition) is 2. The molecule has 0 aromatic carbocycles. The predicted molar refractivity (Wildman–Crippen MR) is 95.6 cm³/mol. The lowest BCUT2D eigenvalue weighted by atomic mass is 10.1. The minimum Gasteiger partial charge on any atom is -0.391 e. The van der Waals surface area contributed by atoms with Gasteiger partial charge in [0.25, 0.3) is 0 Å². The number of nitrogens with two attached hydrogens (primary N) is 1.